The number of phenols is 1. The molecule has 2 aromatic heterocycles. The lowest BCUT2D eigenvalue weighted by Gasteiger charge is -2.14. The highest BCUT2D eigenvalue weighted by Gasteiger charge is 2.15. The molecular weight excluding hydrogens is 460 g/mol. The first kappa shape index (κ1) is 25.0. The fourth-order valence-electron chi connectivity index (χ4n) is 4.03. The molecule has 11 nitrogen and oxygen atoms in total. The molecule has 0 spiro atoms. The average molecular weight is 491 g/mol. The second kappa shape index (κ2) is 12.0. The summed E-state index contributed by atoms with van der Waals surface area (Å²) in [5.74, 6) is 2.14. The highest BCUT2D eigenvalue weighted by atomic mass is 16.5. The third-order valence-electron chi connectivity index (χ3n) is 5.95. The van der Waals surface area contributed by atoms with Crippen molar-refractivity contribution in [3.8, 4) is 11.5 Å². The van der Waals surface area contributed by atoms with Crippen LogP contribution in [0.15, 0.2) is 36.4 Å². The lowest BCUT2D eigenvalue weighted by atomic mass is 9.97. The van der Waals surface area contributed by atoms with E-state index in [4.69, 9.17) is 4.74 Å². The molecule has 11 heteroatoms. The first-order valence-electron chi connectivity index (χ1n) is 12.1. The third-order valence-corrected chi connectivity index (χ3v) is 5.95. The van der Waals surface area contributed by atoms with Crippen LogP contribution in [0.2, 0.25) is 0 Å². The largest absolute Gasteiger partial charge is 0.507 e. The molecule has 0 bridgehead atoms. The van der Waals surface area contributed by atoms with Crippen LogP contribution in [0.1, 0.15) is 71.8 Å². The highest BCUT2D eigenvalue weighted by molar-refractivity contribution is 5.97. The molecule has 0 unspecified atom stereocenters. The molecule has 0 fully saturated rings. The molecule has 4 rings (SSSR count). The van der Waals surface area contributed by atoms with E-state index in [0.29, 0.717) is 30.8 Å². The van der Waals surface area contributed by atoms with Gasteiger partial charge in [0.05, 0.1) is 5.56 Å². The van der Waals surface area contributed by atoms with Gasteiger partial charge in [0.15, 0.2) is 17.4 Å². The Labute approximate surface area is 208 Å². The van der Waals surface area contributed by atoms with E-state index in [-0.39, 0.29) is 11.5 Å². The first-order chi connectivity index (χ1) is 17.5. The molecule has 2 aromatic carbocycles. The van der Waals surface area contributed by atoms with Crippen LogP contribution in [0.4, 0.5) is 0 Å². The van der Waals surface area contributed by atoms with Gasteiger partial charge in [0.2, 0.25) is 0 Å². The summed E-state index contributed by atoms with van der Waals surface area (Å²) in [4.78, 5) is 11.8. The van der Waals surface area contributed by atoms with Crippen molar-refractivity contribution in [2.24, 2.45) is 0 Å². The molecular formula is C25H30N8O3. The van der Waals surface area contributed by atoms with Crippen molar-refractivity contribution in [3.63, 3.8) is 0 Å². The summed E-state index contributed by atoms with van der Waals surface area (Å²) in [6.45, 7) is 4.52. The van der Waals surface area contributed by atoms with Crippen molar-refractivity contribution in [2.45, 2.75) is 65.5 Å². The monoisotopic (exact) mass is 490 g/mol. The Kier molecular flexibility index (Phi) is 8.32. The van der Waals surface area contributed by atoms with Gasteiger partial charge in [-0.1, -0.05) is 36.8 Å². The minimum absolute atomic E-state index is 0.0633. The van der Waals surface area contributed by atoms with Crippen LogP contribution in [-0.4, -0.2) is 51.7 Å². The number of carbonyl (C=O) groups is 1. The van der Waals surface area contributed by atoms with Crippen LogP contribution in [-0.2, 0) is 32.4 Å². The second-order valence-electron chi connectivity index (χ2n) is 8.62. The number of benzene rings is 2. The van der Waals surface area contributed by atoms with E-state index >= 15 is 0 Å². The predicted molar refractivity (Wildman–Crippen MR) is 131 cm³/mol. The molecule has 0 atom stereocenters. The maximum Gasteiger partial charge on any atom is 0.174 e. The third kappa shape index (κ3) is 6.29. The molecule has 2 N–H and O–H groups in total. The fraction of sp³-hybridized carbons (Fsp3) is 0.400. The number of tetrazole rings is 2. The van der Waals surface area contributed by atoms with Crippen LogP contribution >= 0.6 is 0 Å². The number of aryl methyl sites for hydroxylation is 2. The maximum absolute atomic E-state index is 11.8. The van der Waals surface area contributed by atoms with Gasteiger partial charge in [0.25, 0.3) is 0 Å². The van der Waals surface area contributed by atoms with E-state index in [1.807, 2.05) is 41.9 Å². The second-order valence-corrected chi connectivity index (χ2v) is 8.62. The molecule has 4 aromatic rings. The van der Waals surface area contributed by atoms with E-state index < -0.39 is 0 Å². The van der Waals surface area contributed by atoms with Gasteiger partial charge in [-0.25, -0.2) is 4.68 Å². The number of aromatic hydroxyl groups is 1. The summed E-state index contributed by atoms with van der Waals surface area (Å²) in [7, 11) is 0. The molecule has 0 saturated carbocycles. The number of phenolic OH excluding ortho intramolecular Hbond substituents is 1. The molecule has 2 heterocycles. The molecule has 0 aliphatic rings. The minimum atomic E-state index is -0.150. The lowest BCUT2D eigenvalue weighted by molar-refractivity contribution is 0.101. The zero-order chi connectivity index (χ0) is 25.3. The van der Waals surface area contributed by atoms with Gasteiger partial charge >= 0.3 is 0 Å². The molecule has 36 heavy (non-hydrogen) atoms. The van der Waals surface area contributed by atoms with E-state index in [1.54, 1.807) is 6.07 Å². The van der Waals surface area contributed by atoms with Crippen molar-refractivity contribution in [1.29, 1.82) is 0 Å². The van der Waals surface area contributed by atoms with E-state index in [0.717, 1.165) is 60.5 Å². The summed E-state index contributed by atoms with van der Waals surface area (Å²) in [6.07, 6.45) is 4.72. The molecule has 0 aliphatic carbocycles. The van der Waals surface area contributed by atoms with Crippen LogP contribution in [0, 0.1) is 0 Å². The number of nitrogens with zero attached hydrogens (tertiary/aromatic N) is 7. The minimum Gasteiger partial charge on any atom is -0.507 e. The Morgan fingerprint density at radius 3 is 2.64 bits per heavy atom. The summed E-state index contributed by atoms with van der Waals surface area (Å²) >= 11 is 0. The lowest BCUT2D eigenvalue weighted by Crippen LogP contribution is -2.07. The number of unbranched alkanes of at least 4 members (excludes halogenated alkanes) is 1. The number of aromatic nitrogens is 8. The highest BCUT2D eigenvalue weighted by Crippen LogP contribution is 2.29. The number of ketones is 1. The van der Waals surface area contributed by atoms with Crippen molar-refractivity contribution in [3.05, 3.63) is 70.3 Å². The number of hydrogen-bond acceptors (Lipinski definition) is 9. The molecule has 188 valence electrons. The van der Waals surface area contributed by atoms with Gasteiger partial charge < -0.3 is 9.84 Å². The van der Waals surface area contributed by atoms with E-state index in [9.17, 15) is 9.90 Å². The van der Waals surface area contributed by atoms with Gasteiger partial charge in [0.1, 0.15) is 18.1 Å². The average Bonchev–Trinajstić information content (AvgIpc) is 3.55. The predicted octanol–water partition coefficient (Wildman–Crippen LogP) is 3.24. The summed E-state index contributed by atoms with van der Waals surface area (Å²) < 4.78 is 7.81. The molecule has 0 aliphatic heterocycles. The molecule has 0 radical (unpaired) electrons. The fourth-order valence-corrected chi connectivity index (χ4v) is 4.03. The van der Waals surface area contributed by atoms with Gasteiger partial charge in [-0.3, -0.25) is 4.79 Å². The van der Waals surface area contributed by atoms with Crippen molar-refractivity contribution < 1.29 is 14.6 Å². The van der Waals surface area contributed by atoms with Crippen LogP contribution < -0.4 is 4.74 Å². The van der Waals surface area contributed by atoms with Crippen molar-refractivity contribution >= 4 is 5.78 Å². The van der Waals surface area contributed by atoms with E-state index in [2.05, 4.69) is 36.1 Å². The summed E-state index contributed by atoms with van der Waals surface area (Å²) in [5, 5.41) is 36.6. The normalized spacial score (nSPS) is 11.1. The summed E-state index contributed by atoms with van der Waals surface area (Å²) in [5.41, 5.74) is 3.06. The smallest absolute Gasteiger partial charge is 0.174 e. The Morgan fingerprint density at radius 2 is 1.92 bits per heavy atom. The topological polar surface area (TPSA) is 145 Å². The number of H-pyrrole nitrogens is 1. The van der Waals surface area contributed by atoms with Gasteiger partial charge in [-0.15, -0.1) is 15.3 Å². The number of aromatic amines is 1. The number of rotatable bonds is 13. The SMILES string of the molecule is CCCc1c(COc2ccc(Cc3nnnn3CCCCc3nn[nH]n3)cc2)ccc(C(C)=O)c1O. The van der Waals surface area contributed by atoms with Crippen LogP contribution in [0.5, 0.6) is 11.5 Å². The zero-order valence-electron chi connectivity index (χ0n) is 20.5. The summed E-state index contributed by atoms with van der Waals surface area (Å²) in [6, 6.07) is 11.3. The van der Waals surface area contributed by atoms with Gasteiger partial charge in [0, 0.05) is 24.9 Å². The number of hydrogen-bond donors (Lipinski definition) is 2. The quantitative estimate of drug-likeness (QED) is 0.213. The van der Waals surface area contributed by atoms with Gasteiger partial charge in [-0.2, -0.15) is 5.21 Å². The Balaban J connectivity index is 1.32. The Morgan fingerprint density at radius 1 is 1.08 bits per heavy atom. The number of Topliss-reactive ketones (excluding diaryl/α,β-unsaturated/α-hetero) is 1. The molecule has 0 amide bonds. The maximum atomic E-state index is 11.8. The number of carbonyl (C=O) groups excluding carboxylic acids is 1. The van der Waals surface area contributed by atoms with E-state index in [1.165, 1.54) is 6.92 Å². The van der Waals surface area contributed by atoms with Crippen LogP contribution in [0.25, 0.3) is 0 Å². The van der Waals surface area contributed by atoms with Crippen LogP contribution in [0.3, 0.4) is 0 Å². The van der Waals surface area contributed by atoms with Crippen molar-refractivity contribution in [2.75, 3.05) is 0 Å². The molecule has 0 saturated heterocycles. The Hall–Kier alpha value is -4.15. The van der Waals surface area contributed by atoms with Crippen molar-refractivity contribution in [1.82, 2.24) is 40.8 Å². The zero-order valence-corrected chi connectivity index (χ0v) is 20.5. The Bertz CT molecular complexity index is 1270. The van der Waals surface area contributed by atoms with Gasteiger partial charge in [-0.05, 0) is 65.9 Å². The first-order valence-corrected chi connectivity index (χ1v) is 12.1. The number of ether oxygens (including phenoxy) is 1. The standard InChI is InChI=1S/C25H30N8O3/c1-3-6-22-19(10-13-21(17(2)34)25(22)35)16-36-20-11-8-18(9-12-20)15-24-28-31-32-33(24)14-5-4-7-23-26-29-30-27-23/h8-13,35H,3-7,14-16H2,1-2H3,(H,26,27,29,30). The number of nitrogens with one attached hydrogen (secondary N) is 1.